The first-order valence-corrected chi connectivity index (χ1v) is 10.8. The third-order valence-electron chi connectivity index (χ3n) is 5.38. The van der Waals surface area contributed by atoms with Crippen molar-refractivity contribution < 1.29 is 4.79 Å². The molecular weight excluding hydrogens is 414 g/mol. The predicted octanol–water partition coefficient (Wildman–Crippen LogP) is 3.16. The minimum atomic E-state index is -0.485. The maximum Gasteiger partial charge on any atom is 0.247 e. The van der Waals surface area contributed by atoms with Crippen LogP contribution in [0.5, 0.6) is 0 Å². The van der Waals surface area contributed by atoms with Gasteiger partial charge >= 0.3 is 0 Å². The maximum absolute atomic E-state index is 13.1. The van der Waals surface area contributed by atoms with Gasteiger partial charge < -0.3 is 10.6 Å². The first-order valence-electron chi connectivity index (χ1n) is 10.8. The summed E-state index contributed by atoms with van der Waals surface area (Å²) in [5, 5.41) is 23.3. The third-order valence-corrected chi connectivity index (χ3v) is 5.38. The quantitative estimate of drug-likeness (QED) is 0.558. The largest absolute Gasteiger partial charge is 0.309 e. The van der Waals surface area contributed by atoms with Crippen LogP contribution in [0.3, 0.4) is 0 Å². The number of carbonyl (C=O) groups is 1. The molecule has 1 aliphatic rings. The molecule has 0 fully saturated rings. The Kier molecular flexibility index (Phi) is 7.03. The topological polar surface area (TPSA) is 109 Å². The molecular formula is C25H25N7O. The summed E-state index contributed by atoms with van der Waals surface area (Å²) in [5.41, 5.74) is 4.25. The lowest BCUT2D eigenvalue weighted by Crippen LogP contribution is -2.43. The number of rotatable bonds is 8. The summed E-state index contributed by atoms with van der Waals surface area (Å²) >= 11 is 0. The van der Waals surface area contributed by atoms with Crippen LogP contribution in [0.4, 0.5) is 5.82 Å². The Labute approximate surface area is 192 Å². The van der Waals surface area contributed by atoms with Gasteiger partial charge in [0, 0.05) is 25.4 Å². The van der Waals surface area contributed by atoms with Gasteiger partial charge in [0.2, 0.25) is 5.91 Å². The number of hydrogen-bond donors (Lipinski definition) is 2. The van der Waals surface area contributed by atoms with Gasteiger partial charge in [-0.1, -0.05) is 35.6 Å². The van der Waals surface area contributed by atoms with E-state index in [0.29, 0.717) is 17.9 Å². The molecule has 3 aromatic rings. The highest BCUT2D eigenvalue weighted by Gasteiger charge is 2.22. The first kappa shape index (κ1) is 22.1. The molecule has 0 radical (unpaired) electrons. The molecule has 2 heterocycles. The number of aromatic nitrogens is 4. The number of nitriles is 1. The van der Waals surface area contributed by atoms with Crippen LogP contribution >= 0.6 is 0 Å². The number of hydrogen-bond acceptors (Lipinski definition) is 6. The molecule has 1 atom stereocenters. The minimum absolute atomic E-state index is 0.160. The third kappa shape index (κ3) is 5.79. The monoisotopic (exact) mass is 439 g/mol. The van der Waals surface area contributed by atoms with Crippen LogP contribution in [0, 0.1) is 11.3 Å². The lowest BCUT2D eigenvalue weighted by atomic mass is 9.99. The second-order valence-electron chi connectivity index (χ2n) is 7.83. The molecule has 1 aromatic carbocycles. The highest BCUT2D eigenvalue weighted by atomic mass is 16.2. The second-order valence-corrected chi connectivity index (χ2v) is 7.83. The zero-order valence-electron chi connectivity index (χ0n) is 18.4. The van der Waals surface area contributed by atoms with Crippen molar-refractivity contribution >= 4 is 11.7 Å². The summed E-state index contributed by atoms with van der Waals surface area (Å²) < 4.78 is 1.63. The zero-order chi connectivity index (χ0) is 23.0. The van der Waals surface area contributed by atoms with E-state index in [9.17, 15) is 4.79 Å². The van der Waals surface area contributed by atoms with Gasteiger partial charge in [-0.3, -0.25) is 9.48 Å². The molecule has 166 valence electrons. The zero-order valence-corrected chi connectivity index (χ0v) is 18.4. The van der Waals surface area contributed by atoms with E-state index >= 15 is 0 Å². The molecule has 0 saturated heterocycles. The average molecular weight is 440 g/mol. The Morgan fingerprint density at radius 1 is 1.21 bits per heavy atom. The Balaban J connectivity index is 1.41. The SMILES string of the molecule is Cn1cc(-c2ccc(NC(=O)C(NCCc3ccc(C#N)cc3)C3=CCCC=C3)nc2)nn1. The molecule has 2 aromatic heterocycles. The number of pyridine rings is 1. The molecule has 0 aliphatic heterocycles. The van der Waals surface area contributed by atoms with Crippen LogP contribution in [-0.2, 0) is 18.3 Å². The lowest BCUT2D eigenvalue weighted by Gasteiger charge is -2.21. The number of nitrogens with zero attached hydrogens (tertiary/aromatic N) is 5. The van der Waals surface area contributed by atoms with Gasteiger partial charge in [0.05, 0.1) is 17.8 Å². The van der Waals surface area contributed by atoms with Gasteiger partial charge in [-0.2, -0.15) is 5.26 Å². The summed E-state index contributed by atoms with van der Waals surface area (Å²) in [6.45, 7) is 0.619. The second kappa shape index (κ2) is 10.5. The van der Waals surface area contributed by atoms with Crippen LogP contribution in [-0.4, -0.2) is 38.5 Å². The van der Waals surface area contributed by atoms with Gasteiger partial charge in [-0.25, -0.2) is 4.98 Å². The van der Waals surface area contributed by atoms with E-state index in [1.165, 1.54) is 0 Å². The fourth-order valence-electron chi connectivity index (χ4n) is 3.61. The molecule has 0 spiro atoms. The number of allylic oxidation sites excluding steroid dienone is 2. The van der Waals surface area contributed by atoms with Gasteiger partial charge in [-0.05, 0) is 54.7 Å². The van der Waals surface area contributed by atoms with Crippen molar-refractivity contribution in [3.63, 3.8) is 0 Å². The first-order chi connectivity index (χ1) is 16.1. The molecule has 2 N–H and O–H groups in total. The molecule has 8 heteroatoms. The van der Waals surface area contributed by atoms with Crippen LogP contribution in [0.2, 0.25) is 0 Å². The van der Waals surface area contributed by atoms with Gasteiger partial charge in [0.1, 0.15) is 17.6 Å². The average Bonchev–Trinajstić information content (AvgIpc) is 3.29. The van der Waals surface area contributed by atoms with Crippen LogP contribution < -0.4 is 10.6 Å². The molecule has 33 heavy (non-hydrogen) atoms. The van der Waals surface area contributed by atoms with Crippen molar-refractivity contribution in [3.8, 4) is 17.3 Å². The fraction of sp³-hybridized carbons (Fsp3) is 0.240. The predicted molar refractivity (Wildman–Crippen MR) is 126 cm³/mol. The van der Waals surface area contributed by atoms with Gasteiger partial charge in [0.25, 0.3) is 0 Å². The van der Waals surface area contributed by atoms with E-state index in [0.717, 1.165) is 41.7 Å². The molecule has 1 aliphatic carbocycles. The Hall–Kier alpha value is -4.09. The smallest absolute Gasteiger partial charge is 0.247 e. The van der Waals surface area contributed by atoms with Crippen molar-refractivity contribution in [2.45, 2.75) is 25.3 Å². The Morgan fingerprint density at radius 3 is 2.70 bits per heavy atom. The van der Waals surface area contributed by atoms with E-state index < -0.39 is 6.04 Å². The maximum atomic E-state index is 13.1. The fourth-order valence-corrected chi connectivity index (χ4v) is 3.61. The Morgan fingerprint density at radius 2 is 2.06 bits per heavy atom. The minimum Gasteiger partial charge on any atom is -0.309 e. The summed E-state index contributed by atoms with van der Waals surface area (Å²) in [6, 6.07) is 12.8. The van der Waals surface area contributed by atoms with Crippen LogP contribution in [0.1, 0.15) is 24.0 Å². The van der Waals surface area contributed by atoms with Crippen molar-refractivity contribution in [2.75, 3.05) is 11.9 Å². The highest BCUT2D eigenvalue weighted by molar-refractivity contribution is 5.96. The standard InChI is InChI=1S/C25H25N7O/c1-32-17-22(30-31-32)21-11-12-23(28-16-21)29-25(33)24(20-5-3-2-4-6-20)27-14-13-18-7-9-19(15-26)10-8-18/h3,5-12,16-17,24,27H,2,4,13-14H2,1H3,(H,28,29,33). The number of aryl methyl sites for hydroxylation is 1. The highest BCUT2D eigenvalue weighted by Crippen LogP contribution is 2.18. The molecule has 8 nitrogen and oxygen atoms in total. The number of nitrogens with one attached hydrogen (secondary N) is 2. The number of benzene rings is 1. The van der Waals surface area contributed by atoms with Crippen molar-refractivity contribution in [2.24, 2.45) is 7.05 Å². The molecule has 4 rings (SSSR count). The summed E-state index contributed by atoms with van der Waals surface area (Å²) in [7, 11) is 1.81. The van der Waals surface area contributed by atoms with E-state index in [1.54, 1.807) is 24.0 Å². The van der Waals surface area contributed by atoms with Crippen molar-refractivity contribution in [1.82, 2.24) is 25.3 Å². The number of amides is 1. The normalized spacial score (nSPS) is 13.8. The molecule has 0 bridgehead atoms. The number of carbonyl (C=O) groups excluding carboxylic acids is 1. The van der Waals surface area contributed by atoms with E-state index in [4.69, 9.17) is 5.26 Å². The molecule has 1 amide bonds. The van der Waals surface area contributed by atoms with Crippen molar-refractivity contribution in [1.29, 1.82) is 5.26 Å². The molecule has 1 unspecified atom stereocenters. The van der Waals surface area contributed by atoms with Crippen molar-refractivity contribution in [3.05, 3.63) is 83.7 Å². The number of anilines is 1. The van der Waals surface area contributed by atoms with Gasteiger partial charge in [0.15, 0.2) is 0 Å². The summed E-state index contributed by atoms with van der Waals surface area (Å²) in [6.07, 6.45) is 12.3. The Bertz CT molecular complexity index is 1200. The summed E-state index contributed by atoms with van der Waals surface area (Å²) in [4.78, 5) is 17.5. The van der Waals surface area contributed by atoms with Crippen LogP contribution in [0.15, 0.2) is 72.6 Å². The lowest BCUT2D eigenvalue weighted by molar-refractivity contribution is -0.117. The van der Waals surface area contributed by atoms with E-state index in [1.807, 2.05) is 42.6 Å². The van der Waals surface area contributed by atoms with Crippen LogP contribution in [0.25, 0.3) is 11.3 Å². The molecule has 0 saturated carbocycles. The van der Waals surface area contributed by atoms with Gasteiger partial charge in [-0.15, -0.1) is 5.10 Å². The van der Waals surface area contributed by atoms with E-state index in [-0.39, 0.29) is 5.91 Å². The summed E-state index contributed by atoms with van der Waals surface area (Å²) in [5.74, 6) is 0.319. The van der Waals surface area contributed by atoms with E-state index in [2.05, 4.69) is 44.2 Å².